The van der Waals surface area contributed by atoms with Crippen molar-refractivity contribution >= 4 is 11.9 Å². The molecule has 3 aromatic carbocycles. The molecule has 0 bridgehead atoms. The number of carbonyl (C=O) groups is 2. The van der Waals surface area contributed by atoms with Crippen molar-refractivity contribution < 1.29 is 19.4 Å². The highest BCUT2D eigenvalue weighted by atomic mass is 16.5. The van der Waals surface area contributed by atoms with E-state index in [9.17, 15) is 14.7 Å². The summed E-state index contributed by atoms with van der Waals surface area (Å²) in [6, 6.07) is 22.5. The van der Waals surface area contributed by atoms with Crippen molar-refractivity contribution in [1.29, 1.82) is 5.26 Å². The fraction of sp³-hybridized carbons (Fsp3) is 0.192. The zero-order valence-electron chi connectivity index (χ0n) is 17.6. The summed E-state index contributed by atoms with van der Waals surface area (Å²) < 4.78 is 5.42. The maximum absolute atomic E-state index is 13.4. The number of hydrogen-bond donors (Lipinski definition) is 1. The minimum Gasteiger partial charge on any atom is -0.496 e. The molecule has 0 spiro atoms. The summed E-state index contributed by atoms with van der Waals surface area (Å²) in [5.41, 5.74) is 3.58. The van der Waals surface area contributed by atoms with E-state index >= 15 is 0 Å². The lowest BCUT2D eigenvalue weighted by Crippen LogP contribution is -2.41. The van der Waals surface area contributed by atoms with Crippen LogP contribution in [-0.4, -0.2) is 35.0 Å². The van der Waals surface area contributed by atoms with Crippen molar-refractivity contribution in [3.05, 3.63) is 89.5 Å². The number of amides is 1. The van der Waals surface area contributed by atoms with E-state index in [1.165, 1.54) is 4.90 Å². The zero-order chi connectivity index (χ0) is 22.7. The highest BCUT2D eigenvalue weighted by Crippen LogP contribution is 2.38. The first-order valence-corrected chi connectivity index (χ1v) is 10.3. The lowest BCUT2D eigenvalue weighted by molar-refractivity contribution is -0.141. The number of ether oxygens (including phenoxy) is 1. The van der Waals surface area contributed by atoms with Gasteiger partial charge in [0, 0.05) is 11.1 Å². The summed E-state index contributed by atoms with van der Waals surface area (Å²) in [7, 11) is 1.61. The van der Waals surface area contributed by atoms with E-state index in [4.69, 9.17) is 10.00 Å². The molecule has 1 N–H and O–H groups in total. The summed E-state index contributed by atoms with van der Waals surface area (Å²) in [6.45, 7) is 0. The van der Waals surface area contributed by atoms with Gasteiger partial charge in [0.1, 0.15) is 11.8 Å². The van der Waals surface area contributed by atoms with Gasteiger partial charge in [0.25, 0.3) is 5.91 Å². The summed E-state index contributed by atoms with van der Waals surface area (Å²) in [4.78, 5) is 26.8. The summed E-state index contributed by atoms with van der Waals surface area (Å²) in [6.07, 6.45) is 0.930. The van der Waals surface area contributed by atoms with Gasteiger partial charge < -0.3 is 14.7 Å². The van der Waals surface area contributed by atoms with Crippen LogP contribution in [0, 0.1) is 11.3 Å². The van der Waals surface area contributed by atoms with E-state index in [1.807, 2.05) is 36.4 Å². The quantitative estimate of drug-likeness (QED) is 0.641. The Morgan fingerprint density at radius 1 is 1.00 bits per heavy atom. The maximum atomic E-state index is 13.4. The van der Waals surface area contributed by atoms with Gasteiger partial charge >= 0.3 is 5.97 Å². The van der Waals surface area contributed by atoms with Crippen molar-refractivity contribution in [3.8, 4) is 22.9 Å². The highest BCUT2D eigenvalue weighted by molar-refractivity contribution is 5.97. The molecule has 3 aromatic rings. The Morgan fingerprint density at radius 2 is 1.69 bits per heavy atom. The maximum Gasteiger partial charge on any atom is 0.326 e. The molecule has 1 aliphatic heterocycles. The van der Waals surface area contributed by atoms with Crippen LogP contribution in [-0.2, 0) is 4.79 Å². The number of aliphatic carboxylic acids is 1. The Balaban J connectivity index is 1.65. The van der Waals surface area contributed by atoms with E-state index in [2.05, 4.69) is 6.07 Å². The smallest absolute Gasteiger partial charge is 0.326 e. The molecule has 4 rings (SSSR count). The summed E-state index contributed by atoms with van der Waals surface area (Å²) in [5, 5.41) is 18.8. The van der Waals surface area contributed by atoms with Gasteiger partial charge in [-0.1, -0.05) is 42.5 Å². The number of para-hydroxylation sites is 1. The molecule has 6 nitrogen and oxygen atoms in total. The fourth-order valence-corrected chi connectivity index (χ4v) is 4.27. The van der Waals surface area contributed by atoms with Gasteiger partial charge in [-0.25, -0.2) is 4.79 Å². The Hall–Kier alpha value is -4.11. The molecule has 2 atom stereocenters. The molecule has 0 radical (unpaired) electrons. The second-order valence-corrected chi connectivity index (χ2v) is 7.67. The molecule has 1 heterocycles. The molecule has 1 fully saturated rings. The van der Waals surface area contributed by atoms with Crippen LogP contribution in [0.1, 0.15) is 40.4 Å². The van der Waals surface area contributed by atoms with Crippen molar-refractivity contribution in [2.24, 2.45) is 0 Å². The minimum absolute atomic E-state index is 0.323. The lowest BCUT2D eigenvalue weighted by atomic mass is 10.0. The molecular weight excluding hydrogens is 404 g/mol. The van der Waals surface area contributed by atoms with Gasteiger partial charge in [-0.05, 0) is 54.3 Å². The average Bonchev–Trinajstić information content (AvgIpc) is 3.29. The Labute approximate surface area is 186 Å². The SMILES string of the molecule is COc1ccccc1-c1ccc(C(=O)N2[C@@H](c3ccc(C#N)cc3)CC[C@H]2C(=O)O)cc1. The van der Waals surface area contributed by atoms with Crippen molar-refractivity contribution in [2.75, 3.05) is 7.11 Å². The van der Waals surface area contributed by atoms with Gasteiger partial charge in [-0.2, -0.15) is 5.26 Å². The largest absolute Gasteiger partial charge is 0.496 e. The predicted molar refractivity (Wildman–Crippen MR) is 119 cm³/mol. The lowest BCUT2D eigenvalue weighted by Gasteiger charge is -2.29. The Kier molecular flexibility index (Phi) is 5.91. The van der Waals surface area contributed by atoms with E-state index in [0.29, 0.717) is 24.0 Å². The van der Waals surface area contributed by atoms with E-state index < -0.39 is 12.0 Å². The number of hydrogen-bond acceptors (Lipinski definition) is 4. The number of methoxy groups -OCH3 is 1. The third kappa shape index (κ3) is 3.93. The highest BCUT2D eigenvalue weighted by Gasteiger charge is 2.41. The van der Waals surface area contributed by atoms with Crippen LogP contribution in [0.3, 0.4) is 0 Å². The predicted octanol–water partition coefficient (Wildman–Crippen LogP) is 4.66. The fourth-order valence-electron chi connectivity index (χ4n) is 4.27. The van der Waals surface area contributed by atoms with Gasteiger partial charge in [0.05, 0.1) is 24.8 Å². The van der Waals surface area contributed by atoms with Gasteiger partial charge in [-0.3, -0.25) is 4.79 Å². The first-order valence-electron chi connectivity index (χ1n) is 10.3. The Bertz CT molecular complexity index is 1180. The molecule has 0 unspecified atom stereocenters. The zero-order valence-corrected chi connectivity index (χ0v) is 17.6. The topological polar surface area (TPSA) is 90.6 Å². The van der Waals surface area contributed by atoms with Gasteiger partial charge in [-0.15, -0.1) is 0 Å². The number of nitrogens with zero attached hydrogens (tertiary/aromatic N) is 2. The van der Waals surface area contributed by atoms with Crippen LogP contribution < -0.4 is 4.74 Å². The molecule has 1 aliphatic rings. The van der Waals surface area contributed by atoms with E-state index in [-0.39, 0.29) is 11.9 Å². The van der Waals surface area contributed by atoms with Crippen LogP contribution in [0.4, 0.5) is 0 Å². The summed E-state index contributed by atoms with van der Waals surface area (Å²) >= 11 is 0. The molecule has 0 saturated carbocycles. The number of carboxylic acids is 1. The van der Waals surface area contributed by atoms with Gasteiger partial charge in [0.2, 0.25) is 0 Å². The third-order valence-corrected chi connectivity index (χ3v) is 5.88. The van der Waals surface area contributed by atoms with Crippen LogP contribution >= 0.6 is 0 Å². The van der Waals surface area contributed by atoms with E-state index in [0.717, 1.165) is 22.4 Å². The molecule has 6 heteroatoms. The molecule has 0 aromatic heterocycles. The normalized spacial score (nSPS) is 17.6. The molecular formula is C26H22N2O4. The number of nitriles is 1. The van der Waals surface area contributed by atoms with Gasteiger partial charge in [0.15, 0.2) is 0 Å². The molecule has 32 heavy (non-hydrogen) atoms. The number of benzene rings is 3. The van der Waals surface area contributed by atoms with Crippen LogP contribution in [0.2, 0.25) is 0 Å². The first kappa shape index (κ1) is 21.1. The molecule has 1 amide bonds. The number of likely N-dealkylation sites (tertiary alicyclic amines) is 1. The molecule has 160 valence electrons. The number of carboxylic acid groups (broad SMARTS) is 1. The molecule has 0 aliphatic carbocycles. The Morgan fingerprint density at radius 3 is 2.31 bits per heavy atom. The van der Waals surface area contributed by atoms with Crippen LogP contribution in [0.5, 0.6) is 5.75 Å². The number of rotatable bonds is 5. The van der Waals surface area contributed by atoms with Crippen molar-refractivity contribution in [1.82, 2.24) is 4.90 Å². The summed E-state index contributed by atoms with van der Waals surface area (Å²) in [5.74, 6) is -0.603. The second-order valence-electron chi connectivity index (χ2n) is 7.67. The van der Waals surface area contributed by atoms with Crippen molar-refractivity contribution in [2.45, 2.75) is 24.9 Å². The number of carbonyl (C=O) groups excluding carboxylic acids is 1. The molecule has 1 saturated heterocycles. The average molecular weight is 426 g/mol. The third-order valence-electron chi connectivity index (χ3n) is 5.88. The van der Waals surface area contributed by atoms with E-state index in [1.54, 1.807) is 43.5 Å². The van der Waals surface area contributed by atoms with Crippen LogP contribution in [0.15, 0.2) is 72.8 Å². The first-order chi connectivity index (χ1) is 15.5. The monoisotopic (exact) mass is 426 g/mol. The second kappa shape index (κ2) is 8.94. The van der Waals surface area contributed by atoms with Crippen molar-refractivity contribution in [3.63, 3.8) is 0 Å². The minimum atomic E-state index is -1.01. The van der Waals surface area contributed by atoms with Crippen LogP contribution in [0.25, 0.3) is 11.1 Å². The standard InChI is InChI=1S/C26H22N2O4/c1-32-24-5-3-2-4-21(24)18-10-12-20(13-11-18)25(29)28-22(14-15-23(28)26(30)31)19-8-6-17(16-27)7-9-19/h2-13,22-23H,14-15H2,1H3,(H,30,31)/t22-,23+/m1/s1.